The zero-order chi connectivity index (χ0) is 12.6. The lowest BCUT2D eigenvalue weighted by molar-refractivity contribution is -0.123. The number of rotatable bonds is 4. The molecule has 0 bridgehead atoms. The molecular formula is C15H27ClN2O. The Hall–Kier alpha value is -0.280. The van der Waals surface area contributed by atoms with Gasteiger partial charge in [-0.25, -0.2) is 0 Å². The van der Waals surface area contributed by atoms with Crippen LogP contribution in [0.4, 0.5) is 0 Å². The van der Waals surface area contributed by atoms with Crippen LogP contribution in [0.2, 0.25) is 0 Å². The summed E-state index contributed by atoms with van der Waals surface area (Å²) >= 11 is 0. The van der Waals surface area contributed by atoms with E-state index in [0.717, 1.165) is 18.9 Å². The van der Waals surface area contributed by atoms with Crippen molar-refractivity contribution in [1.29, 1.82) is 0 Å². The average molecular weight is 287 g/mol. The largest absolute Gasteiger partial charge is 0.354 e. The summed E-state index contributed by atoms with van der Waals surface area (Å²) in [6, 6.07) is 0.710. The molecule has 3 unspecified atom stereocenters. The van der Waals surface area contributed by atoms with E-state index in [4.69, 9.17) is 0 Å². The Bertz CT molecular complexity index is 316. The summed E-state index contributed by atoms with van der Waals surface area (Å²) in [6.07, 6.45) is 10.2. The summed E-state index contributed by atoms with van der Waals surface area (Å²) in [5.41, 5.74) is 0.459. The van der Waals surface area contributed by atoms with E-state index < -0.39 is 0 Å². The monoisotopic (exact) mass is 286 g/mol. The lowest BCUT2D eigenvalue weighted by Gasteiger charge is -2.24. The maximum absolute atomic E-state index is 12.2. The highest BCUT2D eigenvalue weighted by atomic mass is 35.5. The number of carbonyl (C=O) groups is 1. The summed E-state index contributed by atoms with van der Waals surface area (Å²) in [4.78, 5) is 12.2. The van der Waals surface area contributed by atoms with Gasteiger partial charge < -0.3 is 10.6 Å². The van der Waals surface area contributed by atoms with E-state index in [2.05, 4.69) is 17.6 Å². The van der Waals surface area contributed by atoms with Crippen molar-refractivity contribution in [3.05, 3.63) is 0 Å². The molecule has 2 aliphatic carbocycles. The molecule has 0 aromatic rings. The van der Waals surface area contributed by atoms with Crippen LogP contribution in [-0.4, -0.2) is 24.5 Å². The summed E-state index contributed by atoms with van der Waals surface area (Å²) < 4.78 is 0. The molecule has 19 heavy (non-hydrogen) atoms. The number of amides is 1. The second-order valence-corrected chi connectivity index (χ2v) is 6.68. The van der Waals surface area contributed by atoms with Gasteiger partial charge in [0.2, 0.25) is 5.91 Å². The average Bonchev–Trinajstić information content (AvgIpc) is 3.05. The Labute approximate surface area is 122 Å². The van der Waals surface area contributed by atoms with E-state index in [9.17, 15) is 4.79 Å². The van der Waals surface area contributed by atoms with Gasteiger partial charge in [-0.2, -0.15) is 0 Å². The van der Waals surface area contributed by atoms with Crippen molar-refractivity contribution in [1.82, 2.24) is 10.6 Å². The third-order valence-electron chi connectivity index (χ3n) is 5.52. The first-order valence-electron chi connectivity index (χ1n) is 7.76. The molecule has 1 amide bonds. The molecule has 0 aromatic heterocycles. The maximum Gasteiger partial charge on any atom is 0.237 e. The van der Waals surface area contributed by atoms with E-state index in [1.807, 2.05) is 0 Å². The highest BCUT2D eigenvalue weighted by molar-refractivity contribution is 5.85. The summed E-state index contributed by atoms with van der Waals surface area (Å²) in [5.74, 6) is 1.01. The molecule has 3 rings (SSSR count). The Morgan fingerprint density at radius 2 is 2.05 bits per heavy atom. The lowest BCUT2D eigenvalue weighted by atomic mass is 9.85. The molecule has 2 N–H and O–H groups in total. The fourth-order valence-electron chi connectivity index (χ4n) is 3.75. The van der Waals surface area contributed by atoms with Gasteiger partial charge >= 0.3 is 0 Å². The molecule has 3 fully saturated rings. The minimum absolute atomic E-state index is 0. The number of nitrogens with one attached hydrogen (secondary N) is 2. The normalized spacial score (nSPS) is 35.1. The van der Waals surface area contributed by atoms with Gasteiger partial charge in [-0.05, 0) is 49.9 Å². The second kappa shape index (κ2) is 6.01. The first-order valence-corrected chi connectivity index (χ1v) is 7.76. The smallest absolute Gasteiger partial charge is 0.237 e. The van der Waals surface area contributed by atoms with E-state index in [1.54, 1.807) is 0 Å². The van der Waals surface area contributed by atoms with Gasteiger partial charge in [0.15, 0.2) is 0 Å². The SMILES string of the molecule is CCC1(CNC(=O)C2CC3CCCCC3N2)CC1.Cl. The van der Waals surface area contributed by atoms with Gasteiger partial charge in [0.1, 0.15) is 0 Å². The van der Waals surface area contributed by atoms with Gasteiger partial charge in [-0.15, -0.1) is 12.4 Å². The predicted molar refractivity (Wildman–Crippen MR) is 79.5 cm³/mol. The fourth-order valence-corrected chi connectivity index (χ4v) is 3.75. The molecule has 0 spiro atoms. The second-order valence-electron chi connectivity index (χ2n) is 6.68. The van der Waals surface area contributed by atoms with Crippen molar-refractivity contribution >= 4 is 18.3 Å². The van der Waals surface area contributed by atoms with Crippen molar-refractivity contribution in [3.8, 4) is 0 Å². The Morgan fingerprint density at radius 1 is 1.32 bits per heavy atom. The van der Waals surface area contributed by atoms with Crippen molar-refractivity contribution in [2.75, 3.05) is 6.54 Å². The highest BCUT2D eigenvalue weighted by Crippen LogP contribution is 2.47. The van der Waals surface area contributed by atoms with Crippen LogP contribution in [0, 0.1) is 11.3 Å². The van der Waals surface area contributed by atoms with Crippen LogP contribution in [0.15, 0.2) is 0 Å². The third kappa shape index (κ3) is 3.25. The van der Waals surface area contributed by atoms with Crippen molar-refractivity contribution < 1.29 is 4.79 Å². The Balaban J connectivity index is 0.00000133. The predicted octanol–water partition coefficient (Wildman–Crippen LogP) is 2.64. The topological polar surface area (TPSA) is 41.1 Å². The van der Waals surface area contributed by atoms with Gasteiger partial charge in [-0.1, -0.05) is 19.8 Å². The number of fused-ring (bicyclic) bond motifs is 1. The Morgan fingerprint density at radius 3 is 2.68 bits per heavy atom. The van der Waals surface area contributed by atoms with Gasteiger partial charge in [0.05, 0.1) is 6.04 Å². The van der Waals surface area contributed by atoms with Gasteiger partial charge in [0.25, 0.3) is 0 Å². The molecule has 1 heterocycles. The van der Waals surface area contributed by atoms with Gasteiger partial charge in [-0.3, -0.25) is 4.79 Å². The molecule has 3 atom stereocenters. The molecule has 3 nitrogen and oxygen atoms in total. The third-order valence-corrected chi connectivity index (χ3v) is 5.52. The van der Waals surface area contributed by atoms with Crippen LogP contribution in [0.3, 0.4) is 0 Å². The van der Waals surface area contributed by atoms with Crippen LogP contribution in [0.5, 0.6) is 0 Å². The van der Waals surface area contributed by atoms with Crippen molar-refractivity contribution in [3.63, 3.8) is 0 Å². The lowest BCUT2D eigenvalue weighted by Crippen LogP contribution is -2.44. The molecule has 3 aliphatic rings. The van der Waals surface area contributed by atoms with E-state index in [-0.39, 0.29) is 24.4 Å². The van der Waals surface area contributed by atoms with Crippen LogP contribution >= 0.6 is 12.4 Å². The molecule has 0 aromatic carbocycles. The molecule has 110 valence electrons. The fraction of sp³-hybridized carbons (Fsp3) is 0.933. The number of hydrogen-bond donors (Lipinski definition) is 2. The van der Waals surface area contributed by atoms with Crippen LogP contribution in [-0.2, 0) is 4.79 Å². The number of halogens is 1. The van der Waals surface area contributed by atoms with E-state index >= 15 is 0 Å². The summed E-state index contributed by atoms with van der Waals surface area (Å²) in [7, 11) is 0. The van der Waals surface area contributed by atoms with Gasteiger partial charge in [0, 0.05) is 12.6 Å². The summed E-state index contributed by atoms with van der Waals surface area (Å²) in [6.45, 7) is 3.14. The first-order chi connectivity index (χ1) is 8.72. The highest BCUT2D eigenvalue weighted by Gasteiger charge is 2.42. The first kappa shape index (κ1) is 15.1. The minimum Gasteiger partial charge on any atom is -0.354 e. The number of hydrogen-bond acceptors (Lipinski definition) is 2. The van der Waals surface area contributed by atoms with Crippen molar-refractivity contribution in [2.45, 2.75) is 70.4 Å². The van der Waals surface area contributed by atoms with E-state index in [0.29, 0.717) is 11.5 Å². The zero-order valence-corrected chi connectivity index (χ0v) is 12.7. The quantitative estimate of drug-likeness (QED) is 0.834. The van der Waals surface area contributed by atoms with Crippen LogP contribution < -0.4 is 10.6 Å². The molecular weight excluding hydrogens is 260 g/mol. The molecule has 1 saturated heterocycles. The molecule has 1 aliphatic heterocycles. The Kier molecular flexibility index (Phi) is 4.78. The summed E-state index contributed by atoms with van der Waals surface area (Å²) in [5, 5.41) is 6.74. The van der Waals surface area contributed by atoms with Crippen molar-refractivity contribution in [2.24, 2.45) is 11.3 Å². The zero-order valence-electron chi connectivity index (χ0n) is 11.9. The minimum atomic E-state index is 0. The standard InChI is InChI=1S/C15H26N2O.ClH/c1-2-15(7-8-15)10-16-14(18)13-9-11-5-3-4-6-12(11)17-13;/h11-13,17H,2-10H2,1H3,(H,16,18);1H. The van der Waals surface area contributed by atoms with Crippen LogP contribution in [0.1, 0.15) is 58.3 Å². The maximum atomic E-state index is 12.2. The molecule has 4 heteroatoms. The molecule has 2 saturated carbocycles. The molecule has 0 radical (unpaired) electrons. The van der Waals surface area contributed by atoms with E-state index in [1.165, 1.54) is 44.9 Å². The number of carbonyl (C=O) groups excluding carboxylic acids is 1. The van der Waals surface area contributed by atoms with Crippen LogP contribution in [0.25, 0.3) is 0 Å².